The van der Waals surface area contributed by atoms with Crippen molar-refractivity contribution in [3.8, 4) is 0 Å². The minimum Gasteiger partial charge on any atom is -0.466 e. The average molecular weight is 245 g/mol. The maximum absolute atomic E-state index is 11.1. The van der Waals surface area contributed by atoms with Crippen molar-refractivity contribution >= 4 is 28.8 Å². The lowest BCUT2D eigenvalue weighted by Gasteiger charge is -1.97. The number of nitrogens with two attached hydrogens (primary N) is 1. The second-order valence-electron chi connectivity index (χ2n) is 3.83. The second kappa shape index (κ2) is 5.35. The zero-order chi connectivity index (χ0) is 13.0. The van der Waals surface area contributed by atoms with Gasteiger partial charge in [-0.3, -0.25) is 9.89 Å². The molecule has 2 rings (SSSR count). The van der Waals surface area contributed by atoms with Gasteiger partial charge in [0.15, 0.2) is 5.82 Å². The van der Waals surface area contributed by atoms with Crippen LogP contribution in [0.15, 0.2) is 24.3 Å². The number of carbonyl (C=O) groups is 1. The van der Waals surface area contributed by atoms with E-state index in [9.17, 15) is 4.79 Å². The van der Waals surface area contributed by atoms with E-state index in [-0.39, 0.29) is 12.4 Å². The van der Waals surface area contributed by atoms with Crippen LogP contribution in [0.2, 0.25) is 0 Å². The van der Waals surface area contributed by atoms with Gasteiger partial charge in [0.1, 0.15) is 0 Å². The van der Waals surface area contributed by atoms with E-state index in [2.05, 4.69) is 10.2 Å². The fraction of sp³-hybridized carbons (Fsp3) is 0.231. The molecule has 2 aromatic rings. The summed E-state index contributed by atoms with van der Waals surface area (Å²) in [5.74, 6) is 0.271. The SMILES string of the molecule is CCOC(=O)CC=Cc1ccc2c(N)n[nH]c2c1. The second-order valence-corrected chi connectivity index (χ2v) is 3.83. The number of rotatable bonds is 4. The van der Waals surface area contributed by atoms with E-state index in [0.29, 0.717) is 12.4 Å². The van der Waals surface area contributed by atoms with Crippen LogP contribution >= 0.6 is 0 Å². The maximum atomic E-state index is 11.1. The Hall–Kier alpha value is -2.30. The number of esters is 1. The molecule has 5 nitrogen and oxygen atoms in total. The van der Waals surface area contributed by atoms with Gasteiger partial charge in [0.25, 0.3) is 0 Å². The molecule has 0 saturated heterocycles. The van der Waals surface area contributed by atoms with Gasteiger partial charge in [-0.15, -0.1) is 0 Å². The van der Waals surface area contributed by atoms with Crippen molar-refractivity contribution in [3.05, 3.63) is 29.8 Å². The van der Waals surface area contributed by atoms with E-state index >= 15 is 0 Å². The standard InChI is InChI=1S/C13H15N3O2/c1-2-18-12(17)5-3-4-9-6-7-10-11(8-9)15-16-13(10)14/h3-4,6-8H,2,5H2,1H3,(H3,14,15,16). The van der Waals surface area contributed by atoms with Gasteiger partial charge in [0.05, 0.1) is 18.5 Å². The van der Waals surface area contributed by atoms with Crippen LogP contribution in [0.5, 0.6) is 0 Å². The molecule has 0 radical (unpaired) electrons. The molecule has 0 aliphatic heterocycles. The Morgan fingerprint density at radius 3 is 3.17 bits per heavy atom. The van der Waals surface area contributed by atoms with Crippen LogP contribution < -0.4 is 5.73 Å². The molecule has 0 amide bonds. The van der Waals surface area contributed by atoms with E-state index in [1.165, 1.54) is 0 Å². The highest BCUT2D eigenvalue weighted by Crippen LogP contribution is 2.19. The van der Waals surface area contributed by atoms with Crippen LogP contribution in [0.1, 0.15) is 18.9 Å². The fourth-order valence-corrected chi connectivity index (χ4v) is 1.67. The van der Waals surface area contributed by atoms with Crippen LogP contribution in [0.4, 0.5) is 5.82 Å². The summed E-state index contributed by atoms with van der Waals surface area (Å²) in [6, 6.07) is 5.76. The third kappa shape index (κ3) is 2.68. The van der Waals surface area contributed by atoms with Crippen molar-refractivity contribution in [1.29, 1.82) is 0 Å². The van der Waals surface area contributed by atoms with Crippen molar-refractivity contribution in [1.82, 2.24) is 10.2 Å². The number of aromatic nitrogens is 2. The van der Waals surface area contributed by atoms with Crippen molar-refractivity contribution in [2.75, 3.05) is 12.3 Å². The summed E-state index contributed by atoms with van der Waals surface area (Å²) in [6.07, 6.45) is 3.92. The van der Waals surface area contributed by atoms with E-state index < -0.39 is 0 Å². The first-order chi connectivity index (χ1) is 8.70. The Balaban J connectivity index is 2.07. The summed E-state index contributed by atoms with van der Waals surface area (Å²) in [5.41, 5.74) is 7.54. The third-order valence-corrected chi connectivity index (χ3v) is 2.52. The first kappa shape index (κ1) is 12.2. The highest BCUT2D eigenvalue weighted by atomic mass is 16.5. The molecule has 0 unspecified atom stereocenters. The smallest absolute Gasteiger partial charge is 0.309 e. The number of nitrogen functional groups attached to an aromatic ring is 1. The molecular formula is C13H15N3O2. The normalized spacial score (nSPS) is 11.2. The molecule has 0 aliphatic rings. The Labute approximate surface area is 105 Å². The topological polar surface area (TPSA) is 81.0 Å². The Bertz CT molecular complexity index is 587. The predicted molar refractivity (Wildman–Crippen MR) is 70.8 cm³/mol. The maximum Gasteiger partial charge on any atom is 0.309 e. The molecule has 0 atom stereocenters. The minimum atomic E-state index is -0.222. The van der Waals surface area contributed by atoms with Gasteiger partial charge in [0, 0.05) is 5.39 Å². The van der Waals surface area contributed by atoms with Crippen LogP contribution in [-0.2, 0) is 9.53 Å². The van der Waals surface area contributed by atoms with Crippen LogP contribution in [-0.4, -0.2) is 22.8 Å². The largest absolute Gasteiger partial charge is 0.466 e. The Morgan fingerprint density at radius 1 is 1.56 bits per heavy atom. The molecule has 18 heavy (non-hydrogen) atoms. The van der Waals surface area contributed by atoms with Gasteiger partial charge in [-0.25, -0.2) is 0 Å². The molecule has 0 fully saturated rings. The number of anilines is 1. The fourth-order valence-electron chi connectivity index (χ4n) is 1.67. The minimum absolute atomic E-state index is 0.222. The number of H-pyrrole nitrogens is 1. The van der Waals surface area contributed by atoms with E-state index in [1.807, 2.05) is 24.3 Å². The third-order valence-electron chi connectivity index (χ3n) is 2.52. The van der Waals surface area contributed by atoms with Crippen LogP contribution in [0, 0.1) is 0 Å². The van der Waals surface area contributed by atoms with Crippen molar-refractivity contribution in [3.63, 3.8) is 0 Å². The predicted octanol–water partition coefficient (Wildman–Crippen LogP) is 2.11. The highest BCUT2D eigenvalue weighted by molar-refractivity contribution is 5.90. The van der Waals surface area contributed by atoms with Crippen molar-refractivity contribution in [2.45, 2.75) is 13.3 Å². The molecule has 0 saturated carbocycles. The number of nitrogens with zero attached hydrogens (tertiary/aromatic N) is 1. The molecule has 1 aromatic heterocycles. The van der Waals surface area contributed by atoms with Gasteiger partial charge >= 0.3 is 5.97 Å². The monoisotopic (exact) mass is 245 g/mol. The molecule has 0 spiro atoms. The molecule has 94 valence electrons. The van der Waals surface area contributed by atoms with Gasteiger partial charge in [-0.2, -0.15) is 5.10 Å². The van der Waals surface area contributed by atoms with Crippen LogP contribution in [0.3, 0.4) is 0 Å². The lowest BCUT2D eigenvalue weighted by Crippen LogP contribution is -2.01. The van der Waals surface area contributed by atoms with Gasteiger partial charge < -0.3 is 10.5 Å². The lowest BCUT2D eigenvalue weighted by atomic mass is 10.1. The summed E-state index contributed by atoms with van der Waals surface area (Å²) in [4.78, 5) is 11.1. The number of benzene rings is 1. The number of ether oxygens (including phenoxy) is 1. The lowest BCUT2D eigenvalue weighted by molar-refractivity contribution is -0.142. The molecule has 0 bridgehead atoms. The van der Waals surface area contributed by atoms with E-state index in [1.54, 1.807) is 13.0 Å². The Morgan fingerprint density at radius 2 is 2.39 bits per heavy atom. The van der Waals surface area contributed by atoms with E-state index in [4.69, 9.17) is 10.5 Å². The summed E-state index contributed by atoms with van der Waals surface area (Å²) in [6.45, 7) is 2.20. The molecule has 5 heteroatoms. The number of carbonyl (C=O) groups excluding carboxylic acids is 1. The van der Waals surface area contributed by atoms with Gasteiger partial charge in [-0.05, 0) is 24.6 Å². The number of hydrogen-bond donors (Lipinski definition) is 2. The zero-order valence-corrected chi connectivity index (χ0v) is 10.1. The first-order valence-electron chi connectivity index (χ1n) is 5.76. The molecule has 3 N–H and O–H groups in total. The Kier molecular flexibility index (Phi) is 3.62. The van der Waals surface area contributed by atoms with Crippen LogP contribution in [0.25, 0.3) is 17.0 Å². The summed E-state index contributed by atoms with van der Waals surface area (Å²) in [5, 5.41) is 7.67. The average Bonchev–Trinajstić information content (AvgIpc) is 2.71. The zero-order valence-electron chi connectivity index (χ0n) is 10.1. The number of nitrogens with one attached hydrogen (secondary N) is 1. The van der Waals surface area contributed by atoms with Crippen molar-refractivity contribution in [2.24, 2.45) is 0 Å². The molecule has 1 heterocycles. The number of aromatic amines is 1. The van der Waals surface area contributed by atoms with E-state index in [0.717, 1.165) is 16.5 Å². The van der Waals surface area contributed by atoms with Gasteiger partial charge in [0.2, 0.25) is 0 Å². The molecule has 1 aromatic carbocycles. The van der Waals surface area contributed by atoms with Gasteiger partial charge in [-0.1, -0.05) is 18.2 Å². The molecule has 0 aliphatic carbocycles. The summed E-state index contributed by atoms with van der Waals surface area (Å²) in [7, 11) is 0. The quantitative estimate of drug-likeness (QED) is 0.808. The number of hydrogen-bond acceptors (Lipinski definition) is 4. The number of fused-ring (bicyclic) bond motifs is 1. The highest BCUT2D eigenvalue weighted by Gasteiger charge is 2.01. The summed E-state index contributed by atoms with van der Waals surface area (Å²) >= 11 is 0. The first-order valence-corrected chi connectivity index (χ1v) is 5.76. The molecular weight excluding hydrogens is 230 g/mol. The van der Waals surface area contributed by atoms with Crippen molar-refractivity contribution < 1.29 is 9.53 Å². The summed E-state index contributed by atoms with van der Waals surface area (Å²) < 4.78 is 4.83.